The zero-order valence-corrected chi connectivity index (χ0v) is 6.90. The second-order valence-electron chi connectivity index (χ2n) is 0.623. The monoisotopic (exact) mass is 173 g/mol. The Kier molecular flexibility index (Phi) is 3.13. The van der Waals surface area contributed by atoms with E-state index in [1.54, 1.807) is 0 Å². The van der Waals surface area contributed by atoms with E-state index in [0.29, 0.717) is 0 Å². The van der Waals surface area contributed by atoms with E-state index in [1.165, 1.54) is 0 Å². The van der Waals surface area contributed by atoms with Crippen molar-refractivity contribution in [2.45, 2.75) is 3.42 Å². The van der Waals surface area contributed by atoms with E-state index in [0.717, 1.165) is 0 Å². The van der Waals surface area contributed by atoms with Gasteiger partial charge in [0.2, 0.25) is 0 Å². The van der Waals surface area contributed by atoms with Gasteiger partial charge in [-0.1, -0.05) is 34.8 Å². The third-order valence-electron chi connectivity index (χ3n) is 0.142. The second kappa shape index (κ2) is 2.57. The Morgan fingerprint density at radius 3 is 1.50 bits per heavy atom. The van der Waals surface area contributed by atoms with Crippen LogP contribution >= 0.6 is 34.8 Å². The van der Waals surface area contributed by atoms with E-state index in [1.807, 2.05) is 0 Å². The average molecular weight is 175 g/mol. The lowest BCUT2D eigenvalue weighted by Crippen LogP contribution is -2.04. The van der Waals surface area contributed by atoms with Gasteiger partial charge >= 0.3 is 0 Å². The van der Waals surface area contributed by atoms with E-state index in [9.17, 15) is 0 Å². The van der Waals surface area contributed by atoms with E-state index in [-0.39, 0.29) is 8.61 Å². The first-order valence-corrected chi connectivity index (χ1v) is 4.70. The van der Waals surface area contributed by atoms with E-state index in [2.05, 4.69) is 9.34 Å². The molecule has 0 saturated heterocycles. The van der Waals surface area contributed by atoms with E-state index >= 15 is 0 Å². The summed E-state index contributed by atoms with van der Waals surface area (Å²) in [4.78, 5) is 0. The third-order valence-corrected chi connectivity index (χ3v) is 3.83. The van der Waals surface area contributed by atoms with Gasteiger partial charge in [0, 0.05) is 9.34 Å². The molecule has 0 aromatic carbocycles. The second-order valence-corrected chi connectivity index (χ2v) is 5.60. The Bertz CT molecular complexity index is 54.3. The maximum absolute atomic E-state index is 5.21. The van der Waals surface area contributed by atoms with Crippen LogP contribution in [0.5, 0.6) is 0 Å². The van der Waals surface area contributed by atoms with Gasteiger partial charge in [0.1, 0.15) is 0 Å². The highest BCUT2D eigenvalue weighted by Gasteiger charge is 2.11. The van der Waals surface area contributed by atoms with Crippen molar-refractivity contribution in [1.82, 2.24) is 0 Å². The molecule has 0 atom stereocenters. The molecule has 0 spiro atoms. The summed E-state index contributed by atoms with van der Waals surface area (Å²) >= 11 is 15.6. The van der Waals surface area contributed by atoms with Crippen LogP contribution in [0.25, 0.3) is 0 Å². The van der Waals surface area contributed by atoms with Gasteiger partial charge in [0.15, 0.2) is 3.42 Å². The molecule has 0 heterocycles. The Hall–Kier alpha value is 1.30. The van der Waals surface area contributed by atoms with Crippen LogP contribution in [0.15, 0.2) is 0 Å². The molecule has 3 radical (unpaired) electrons. The molecule has 0 aliphatic heterocycles. The molecule has 33 valence electrons. The highest BCUT2D eigenvalue weighted by atomic mass is 35.6. The lowest BCUT2D eigenvalue weighted by atomic mass is 11.8. The van der Waals surface area contributed by atoms with Crippen molar-refractivity contribution in [3.63, 3.8) is 0 Å². The molecule has 5 heteroatoms. The smallest absolute Gasteiger partial charge is 0.0845 e. The van der Waals surface area contributed by atoms with Crippen molar-refractivity contribution in [2.75, 3.05) is 0 Å². The van der Waals surface area contributed by atoms with Crippen LogP contribution in [-0.2, 0) is 0 Å². The van der Waals surface area contributed by atoms with Crippen LogP contribution in [-0.4, -0.2) is 21.4 Å². The van der Waals surface area contributed by atoms with Crippen LogP contribution in [0.2, 0.25) is 0 Å². The number of halogens is 3. The maximum Gasteiger partial charge on any atom is 0.186 e. The molecule has 0 aromatic rings. The predicted molar refractivity (Wildman–Crippen MR) is 31.8 cm³/mol. The van der Waals surface area contributed by atoms with Gasteiger partial charge in [-0.3, -0.25) is 0 Å². The van der Waals surface area contributed by atoms with Crippen molar-refractivity contribution in [3.05, 3.63) is 0 Å². The minimum Gasteiger partial charge on any atom is -0.0845 e. The van der Waals surface area contributed by atoms with Crippen LogP contribution in [0.3, 0.4) is 0 Å². The molecule has 0 bridgehead atoms. The predicted octanol–water partition coefficient (Wildman–Crippen LogP) is 1.10. The molecule has 0 amide bonds. The number of alkyl halides is 3. The SMILES string of the molecule is [Si]=[Si]C(Cl)(Cl)Cl. The quantitative estimate of drug-likeness (QED) is 0.381. The van der Waals surface area contributed by atoms with Crippen molar-refractivity contribution in [1.29, 1.82) is 0 Å². The van der Waals surface area contributed by atoms with Gasteiger partial charge in [0.25, 0.3) is 0 Å². The topological polar surface area (TPSA) is 0 Å². The van der Waals surface area contributed by atoms with Gasteiger partial charge in [-0.2, -0.15) is 0 Å². The molecule has 0 saturated carbocycles. The van der Waals surface area contributed by atoms with Crippen LogP contribution in [0.4, 0.5) is 0 Å². The normalized spacial score (nSPS) is 11.2. The first kappa shape index (κ1) is 7.30. The Balaban J connectivity index is 3.45. The molecule has 0 rings (SSSR count). The molecule has 0 aliphatic carbocycles. The Morgan fingerprint density at radius 1 is 1.33 bits per heavy atom. The molecule has 0 unspecified atom stereocenters. The number of hydrogen-bond donors (Lipinski definition) is 0. The minimum atomic E-state index is -1.10. The number of hydrogen-bond acceptors (Lipinski definition) is 0. The fourth-order valence-electron chi connectivity index (χ4n) is 0. The highest BCUT2D eigenvalue weighted by Crippen LogP contribution is 2.20. The van der Waals surface area contributed by atoms with E-state index in [4.69, 9.17) is 34.8 Å². The molecule has 0 aromatic heterocycles. The summed E-state index contributed by atoms with van der Waals surface area (Å²) < 4.78 is -1.10. The lowest BCUT2D eigenvalue weighted by molar-refractivity contribution is 1.74. The maximum atomic E-state index is 5.21. The third kappa shape index (κ3) is 5.30. The summed E-state index contributed by atoms with van der Waals surface area (Å²) in [6, 6.07) is 0. The summed E-state index contributed by atoms with van der Waals surface area (Å²) in [7, 11) is 3.21. The van der Waals surface area contributed by atoms with Crippen molar-refractivity contribution in [2.24, 2.45) is 0 Å². The van der Waals surface area contributed by atoms with Gasteiger partial charge in [-0.05, 0) is 0 Å². The Morgan fingerprint density at radius 2 is 1.50 bits per heavy atom. The minimum absolute atomic E-state index is 0.169. The fourth-order valence-corrected chi connectivity index (χ4v) is 0. The molecule has 0 nitrogen and oxygen atoms in total. The van der Waals surface area contributed by atoms with Crippen molar-refractivity contribution in [3.8, 4) is 0 Å². The largest absolute Gasteiger partial charge is 0.186 e. The van der Waals surface area contributed by atoms with Crippen LogP contribution in [0.1, 0.15) is 0 Å². The molecule has 6 heavy (non-hydrogen) atoms. The number of rotatable bonds is 0. The molecule has 0 fully saturated rings. The fraction of sp³-hybridized carbons (Fsp3) is 1.00. The van der Waals surface area contributed by atoms with Gasteiger partial charge in [-0.25, -0.2) is 0 Å². The molecular formula is CCl3Si2. The zero-order chi connectivity index (χ0) is 5.21. The van der Waals surface area contributed by atoms with Crippen LogP contribution < -0.4 is 0 Å². The summed E-state index contributed by atoms with van der Waals surface area (Å²) in [5, 5.41) is 0. The van der Waals surface area contributed by atoms with Gasteiger partial charge in [-0.15, -0.1) is 0 Å². The summed E-state index contributed by atoms with van der Waals surface area (Å²) in [5.74, 6) is 0. The molecule has 0 N–H and O–H groups in total. The lowest BCUT2D eigenvalue weighted by Gasteiger charge is -1.97. The average Bonchev–Trinajstić information content (AvgIpc) is 1.35. The Labute approximate surface area is 56.3 Å². The van der Waals surface area contributed by atoms with Crippen molar-refractivity contribution < 1.29 is 0 Å². The van der Waals surface area contributed by atoms with Gasteiger partial charge in [0.05, 0.1) is 8.61 Å². The summed E-state index contributed by atoms with van der Waals surface area (Å²) in [6.07, 6.45) is 0. The zero-order valence-electron chi connectivity index (χ0n) is 2.63. The highest BCUT2D eigenvalue weighted by molar-refractivity contribution is 6.92. The van der Waals surface area contributed by atoms with Crippen molar-refractivity contribution >= 4 is 52.8 Å². The van der Waals surface area contributed by atoms with Gasteiger partial charge < -0.3 is 0 Å². The molecular weight excluding hydrogens is 175 g/mol. The van der Waals surface area contributed by atoms with E-state index < -0.39 is 3.42 Å². The summed E-state index contributed by atoms with van der Waals surface area (Å²) in [5.41, 5.74) is 0. The first-order valence-electron chi connectivity index (χ1n) is 1.07. The van der Waals surface area contributed by atoms with Crippen LogP contribution in [0, 0.1) is 0 Å². The summed E-state index contributed by atoms with van der Waals surface area (Å²) in [6.45, 7) is 0. The molecule has 0 aliphatic rings. The standard InChI is InChI=1S/CCl3Si2/c2-1(3,4)6-5. The first-order chi connectivity index (χ1) is 2.56.